The van der Waals surface area contributed by atoms with Crippen molar-refractivity contribution < 1.29 is 4.74 Å². The Hall–Kier alpha value is -1.65. The Morgan fingerprint density at radius 3 is 2.55 bits per heavy atom. The SMILES string of the molecule is ClCc1cnc(Oc2ccc3cc(Br)ccc3c2)cn1. The average molecular weight is 350 g/mol. The molecular weight excluding hydrogens is 340 g/mol. The molecule has 0 amide bonds. The van der Waals surface area contributed by atoms with E-state index in [-0.39, 0.29) is 0 Å². The van der Waals surface area contributed by atoms with Crippen LogP contribution in [-0.4, -0.2) is 9.97 Å². The molecular formula is C15H10BrClN2O. The second-order valence-electron chi connectivity index (χ2n) is 4.23. The number of alkyl halides is 1. The monoisotopic (exact) mass is 348 g/mol. The molecule has 0 radical (unpaired) electrons. The topological polar surface area (TPSA) is 35.0 Å². The smallest absolute Gasteiger partial charge is 0.237 e. The number of nitrogens with zero attached hydrogens (tertiary/aromatic N) is 2. The van der Waals surface area contributed by atoms with Gasteiger partial charge in [0.25, 0.3) is 0 Å². The van der Waals surface area contributed by atoms with Crippen molar-refractivity contribution in [3.63, 3.8) is 0 Å². The van der Waals surface area contributed by atoms with Crippen LogP contribution in [0.5, 0.6) is 11.6 Å². The van der Waals surface area contributed by atoms with Gasteiger partial charge in [-0.2, -0.15) is 0 Å². The van der Waals surface area contributed by atoms with Crippen molar-refractivity contribution in [2.24, 2.45) is 0 Å². The first kappa shape index (κ1) is 13.3. The normalized spacial score (nSPS) is 10.7. The number of halogens is 2. The van der Waals surface area contributed by atoms with Crippen molar-refractivity contribution in [1.82, 2.24) is 9.97 Å². The minimum absolute atomic E-state index is 0.345. The summed E-state index contributed by atoms with van der Waals surface area (Å²) in [6.07, 6.45) is 3.18. The Labute approximate surface area is 129 Å². The van der Waals surface area contributed by atoms with Crippen LogP contribution in [0.25, 0.3) is 10.8 Å². The van der Waals surface area contributed by atoms with Gasteiger partial charge in [0.1, 0.15) is 5.75 Å². The first-order chi connectivity index (χ1) is 9.74. The lowest BCUT2D eigenvalue weighted by Gasteiger charge is -2.06. The number of ether oxygens (including phenoxy) is 1. The van der Waals surface area contributed by atoms with E-state index in [0.29, 0.717) is 11.8 Å². The molecule has 0 N–H and O–H groups in total. The van der Waals surface area contributed by atoms with Gasteiger partial charge in [-0.3, -0.25) is 4.98 Å². The van der Waals surface area contributed by atoms with Gasteiger partial charge >= 0.3 is 0 Å². The number of hydrogen-bond acceptors (Lipinski definition) is 3. The zero-order chi connectivity index (χ0) is 13.9. The molecule has 0 bridgehead atoms. The van der Waals surface area contributed by atoms with Crippen molar-refractivity contribution in [2.45, 2.75) is 5.88 Å². The van der Waals surface area contributed by atoms with Crippen molar-refractivity contribution in [2.75, 3.05) is 0 Å². The highest BCUT2D eigenvalue weighted by Crippen LogP contribution is 2.26. The van der Waals surface area contributed by atoms with Gasteiger partial charge in [-0.25, -0.2) is 4.98 Å². The highest BCUT2D eigenvalue weighted by atomic mass is 79.9. The van der Waals surface area contributed by atoms with Crippen LogP contribution >= 0.6 is 27.5 Å². The summed E-state index contributed by atoms with van der Waals surface area (Å²) in [6.45, 7) is 0. The molecule has 0 atom stereocenters. The molecule has 0 aliphatic heterocycles. The third-order valence-electron chi connectivity index (χ3n) is 2.81. The van der Waals surface area contributed by atoms with Crippen LogP contribution in [0.3, 0.4) is 0 Å². The molecule has 0 fully saturated rings. The highest BCUT2D eigenvalue weighted by Gasteiger charge is 2.02. The van der Waals surface area contributed by atoms with E-state index in [0.717, 1.165) is 26.7 Å². The number of rotatable bonds is 3. The maximum Gasteiger partial charge on any atom is 0.237 e. The van der Waals surface area contributed by atoms with E-state index in [1.807, 2.05) is 30.3 Å². The van der Waals surface area contributed by atoms with Crippen molar-refractivity contribution >= 4 is 38.3 Å². The van der Waals surface area contributed by atoms with Crippen LogP contribution in [0.1, 0.15) is 5.69 Å². The number of benzene rings is 2. The summed E-state index contributed by atoms with van der Waals surface area (Å²) in [4.78, 5) is 8.30. The predicted molar refractivity (Wildman–Crippen MR) is 83.3 cm³/mol. The van der Waals surface area contributed by atoms with Gasteiger partial charge in [0, 0.05) is 4.47 Å². The second kappa shape index (κ2) is 5.77. The Morgan fingerprint density at radius 2 is 1.80 bits per heavy atom. The lowest BCUT2D eigenvalue weighted by atomic mass is 10.1. The van der Waals surface area contributed by atoms with E-state index >= 15 is 0 Å². The van der Waals surface area contributed by atoms with Crippen molar-refractivity contribution in [3.05, 3.63) is 59.0 Å². The van der Waals surface area contributed by atoms with Crippen LogP contribution in [0.4, 0.5) is 0 Å². The van der Waals surface area contributed by atoms with Gasteiger partial charge in [-0.15, -0.1) is 11.6 Å². The third kappa shape index (κ3) is 2.92. The Morgan fingerprint density at radius 1 is 1.00 bits per heavy atom. The van der Waals surface area contributed by atoms with E-state index in [1.54, 1.807) is 12.4 Å². The van der Waals surface area contributed by atoms with Gasteiger partial charge in [-0.05, 0) is 35.0 Å². The molecule has 5 heteroatoms. The zero-order valence-electron chi connectivity index (χ0n) is 10.4. The molecule has 100 valence electrons. The molecule has 1 heterocycles. The van der Waals surface area contributed by atoms with E-state index < -0.39 is 0 Å². The number of fused-ring (bicyclic) bond motifs is 1. The van der Waals surface area contributed by atoms with Gasteiger partial charge < -0.3 is 4.74 Å². The molecule has 1 aromatic heterocycles. The lowest BCUT2D eigenvalue weighted by molar-refractivity contribution is 0.460. The highest BCUT2D eigenvalue weighted by molar-refractivity contribution is 9.10. The van der Waals surface area contributed by atoms with E-state index in [9.17, 15) is 0 Å². The van der Waals surface area contributed by atoms with E-state index in [4.69, 9.17) is 16.3 Å². The summed E-state index contributed by atoms with van der Waals surface area (Å²) in [5.41, 5.74) is 0.724. The standard InChI is InChI=1S/C15H10BrClN2O/c16-12-3-1-11-6-14(4-2-10(11)5-12)20-15-9-18-13(7-17)8-19-15/h1-6,8-9H,7H2. The van der Waals surface area contributed by atoms with Gasteiger partial charge in [0.05, 0.1) is 24.0 Å². The van der Waals surface area contributed by atoms with Gasteiger partial charge in [-0.1, -0.05) is 28.1 Å². The maximum absolute atomic E-state index is 5.69. The van der Waals surface area contributed by atoms with E-state index in [2.05, 4.69) is 32.0 Å². The summed E-state index contributed by atoms with van der Waals surface area (Å²) in [6, 6.07) is 12.0. The molecule has 3 rings (SSSR count). The van der Waals surface area contributed by atoms with Crippen molar-refractivity contribution in [3.8, 4) is 11.6 Å². The van der Waals surface area contributed by atoms with Crippen LogP contribution in [0.2, 0.25) is 0 Å². The Balaban J connectivity index is 1.88. The average Bonchev–Trinajstić information content (AvgIpc) is 2.48. The van der Waals surface area contributed by atoms with Gasteiger partial charge in [0.15, 0.2) is 0 Å². The van der Waals surface area contributed by atoms with Crippen LogP contribution in [0, 0.1) is 0 Å². The largest absolute Gasteiger partial charge is 0.437 e. The Bertz CT molecular complexity index is 746. The number of hydrogen-bond donors (Lipinski definition) is 0. The summed E-state index contributed by atoms with van der Waals surface area (Å²) in [5.74, 6) is 1.53. The quantitative estimate of drug-likeness (QED) is 0.629. The number of aromatic nitrogens is 2. The summed E-state index contributed by atoms with van der Waals surface area (Å²) < 4.78 is 6.74. The summed E-state index contributed by atoms with van der Waals surface area (Å²) >= 11 is 9.13. The minimum atomic E-state index is 0.345. The molecule has 3 nitrogen and oxygen atoms in total. The lowest BCUT2D eigenvalue weighted by Crippen LogP contribution is -1.92. The minimum Gasteiger partial charge on any atom is -0.437 e. The van der Waals surface area contributed by atoms with Crippen LogP contribution < -0.4 is 4.74 Å². The van der Waals surface area contributed by atoms with E-state index in [1.165, 1.54) is 0 Å². The molecule has 0 saturated heterocycles. The fourth-order valence-electron chi connectivity index (χ4n) is 1.84. The molecule has 20 heavy (non-hydrogen) atoms. The fraction of sp³-hybridized carbons (Fsp3) is 0.0667. The fourth-order valence-corrected chi connectivity index (χ4v) is 2.36. The van der Waals surface area contributed by atoms with Crippen molar-refractivity contribution in [1.29, 1.82) is 0 Å². The zero-order valence-corrected chi connectivity index (χ0v) is 12.7. The molecule has 0 saturated carbocycles. The molecule has 3 aromatic rings. The molecule has 0 aliphatic carbocycles. The van der Waals surface area contributed by atoms with Gasteiger partial charge in [0.2, 0.25) is 5.88 Å². The summed E-state index contributed by atoms with van der Waals surface area (Å²) in [5, 5.41) is 2.26. The molecule has 0 unspecified atom stereocenters. The molecule has 0 aliphatic rings. The first-order valence-electron chi connectivity index (χ1n) is 5.99. The second-order valence-corrected chi connectivity index (χ2v) is 5.42. The third-order valence-corrected chi connectivity index (χ3v) is 3.58. The molecule has 0 spiro atoms. The summed E-state index contributed by atoms with van der Waals surface area (Å²) in [7, 11) is 0. The van der Waals surface area contributed by atoms with Crippen LogP contribution in [0.15, 0.2) is 53.3 Å². The molecule has 2 aromatic carbocycles. The maximum atomic E-state index is 5.69. The Kier molecular flexibility index (Phi) is 3.85. The first-order valence-corrected chi connectivity index (χ1v) is 7.31. The predicted octanol–water partition coefficient (Wildman–Crippen LogP) is 4.92. The van der Waals surface area contributed by atoms with Crippen LogP contribution in [-0.2, 0) is 5.88 Å².